The van der Waals surface area contributed by atoms with Gasteiger partial charge >= 0.3 is 0 Å². The van der Waals surface area contributed by atoms with Gasteiger partial charge in [0.05, 0.1) is 5.70 Å². The van der Waals surface area contributed by atoms with Crippen LogP contribution in [0.25, 0.3) is 0 Å². The molecule has 0 aromatic heterocycles. The third kappa shape index (κ3) is 4.41. The first-order valence-electron chi connectivity index (χ1n) is 4.82. The van der Waals surface area contributed by atoms with Crippen LogP contribution in [0, 0.1) is 0 Å². The Morgan fingerprint density at radius 1 is 1.23 bits per heavy atom. The molecule has 0 aromatic carbocycles. The number of hydrogen-bond donors (Lipinski definition) is 2. The lowest BCUT2D eigenvalue weighted by atomic mass is 10.2. The Hall–Kier alpha value is -1.18. The van der Waals surface area contributed by atoms with E-state index >= 15 is 0 Å². The molecule has 0 aromatic rings. The molecule has 0 radical (unpaired) electrons. The molecule has 0 saturated heterocycles. The van der Waals surface area contributed by atoms with Gasteiger partial charge in [-0.15, -0.1) is 0 Å². The molecule has 1 rings (SSSR count). The van der Waals surface area contributed by atoms with Crippen LogP contribution in [0.5, 0.6) is 0 Å². The van der Waals surface area contributed by atoms with Gasteiger partial charge in [-0.3, -0.25) is 0 Å². The summed E-state index contributed by atoms with van der Waals surface area (Å²) in [4.78, 5) is 0. The second-order valence-corrected chi connectivity index (χ2v) is 2.49. The summed E-state index contributed by atoms with van der Waals surface area (Å²) in [5.41, 5.74) is 2.37. The van der Waals surface area contributed by atoms with Crippen molar-refractivity contribution in [3.63, 3.8) is 0 Å². The van der Waals surface area contributed by atoms with Crippen LogP contribution >= 0.6 is 0 Å². The van der Waals surface area contributed by atoms with Crippen molar-refractivity contribution in [2.24, 2.45) is 0 Å². The predicted molar refractivity (Wildman–Crippen MR) is 59.4 cm³/mol. The van der Waals surface area contributed by atoms with E-state index in [1.165, 1.54) is 5.70 Å². The van der Waals surface area contributed by atoms with Gasteiger partial charge in [-0.1, -0.05) is 32.6 Å². The predicted octanol–water partition coefficient (Wildman–Crippen LogP) is 2.18. The van der Waals surface area contributed by atoms with Crippen LogP contribution in [0.4, 0.5) is 0 Å². The van der Waals surface area contributed by atoms with Gasteiger partial charge in [0, 0.05) is 18.8 Å². The van der Waals surface area contributed by atoms with Gasteiger partial charge in [0.25, 0.3) is 0 Å². The Labute approximate surface area is 81.4 Å². The van der Waals surface area contributed by atoms with E-state index in [2.05, 4.69) is 24.1 Å². The van der Waals surface area contributed by atoms with Crippen molar-refractivity contribution in [3.8, 4) is 0 Å². The quantitative estimate of drug-likeness (QED) is 0.636. The van der Waals surface area contributed by atoms with Crippen molar-refractivity contribution in [2.45, 2.75) is 20.8 Å². The molecule has 0 bridgehead atoms. The van der Waals surface area contributed by atoms with Gasteiger partial charge in [0.1, 0.15) is 0 Å². The van der Waals surface area contributed by atoms with Crippen molar-refractivity contribution in [3.05, 3.63) is 36.2 Å². The lowest BCUT2D eigenvalue weighted by Crippen LogP contribution is -2.33. The molecule has 0 saturated carbocycles. The second-order valence-electron chi connectivity index (χ2n) is 2.49. The molecular formula is C11H20N2. The van der Waals surface area contributed by atoms with Crippen LogP contribution in [0.15, 0.2) is 36.2 Å². The summed E-state index contributed by atoms with van der Waals surface area (Å²) in [6.07, 6.45) is 5.73. The second kappa shape index (κ2) is 7.47. The summed E-state index contributed by atoms with van der Waals surface area (Å²) < 4.78 is 0. The Kier molecular flexibility index (Phi) is 6.79. The molecule has 2 nitrogen and oxygen atoms in total. The van der Waals surface area contributed by atoms with Crippen molar-refractivity contribution in [1.29, 1.82) is 0 Å². The standard InChI is InChI=1S/C9H14N2.C2H6/c1-3-4-5-9-8(2)10-6-7-11-9;1-2/h3-5,10-11H,1,6-7H2,2H3;1-2H3/b5-4-;. The van der Waals surface area contributed by atoms with Gasteiger partial charge in [0.2, 0.25) is 0 Å². The van der Waals surface area contributed by atoms with Crippen LogP contribution in [-0.4, -0.2) is 13.1 Å². The van der Waals surface area contributed by atoms with E-state index in [0.717, 1.165) is 18.8 Å². The molecule has 0 fully saturated rings. The molecule has 0 aliphatic carbocycles. The van der Waals surface area contributed by atoms with E-state index in [-0.39, 0.29) is 0 Å². The zero-order chi connectivity index (χ0) is 10.1. The molecular weight excluding hydrogens is 160 g/mol. The maximum absolute atomic E-state index is 3.61. The molecule has 2 N–H and O–H groups in total. The maximum Gasteiger partial charge on any atom is 0.0530 e. The van der Waals surface area contributed by atoms with Crippen LogP contribution in [0.3, 0.4) is 0 Å². The minimum Gasteiger partial charge on any atom is -0.385 e. The molecule has 0 amide bonds. The molecule has 0 atom stereocenters. The minimum atomic E-state index is 0.994. The summed E-state index contributed by atoms with van der Waals surface area (Å²) in [5, 5.41) is 6.56. The normalized spacial score (nSPS) is 15.6. The number of hydrogen-bond acceptors (Lipinski definition) is 2. The largest absolute Gasteiger partial charge is 0.385 e. The Bertz CT molecular complexity index is 202. The van der Waals surface area contributed by atoms with Gasteiger partial charge < -0.3 is 10.6 Å². The van der Waals surface area contributed by atoms with E-state index in [0.29, 0.717) is 0 Å². The topological polar surface area (TPSA) is 24.1 Å². The molecule has 74 valence electrons. The SMILES string of the molecule is C=C/C=C\C1=C(C)NCCN1.CC. The fourth-order valence-electron chi connectivity index (χ4n) is 1.02. The third-order valence-electron chi connectivity index (χ3n) is 1.63. The molecule has 0 unspecified atom stereocenters. The van der Waals surface area contributed by atoms with Crippen LogP contribution in [0.2, 0.25) is 0 Å². The highest BCUT2D eigenvalue weighted by Crippen LogP contribution is 2.01. The first kappa shape index (κ1) is 11.8. The number of allylic oxidation sites excluding steroid dienone is 4. The fraction of sp³-hybridized carbons (Fsp3) is 0.455. The highest BCUT2D eigenvalue weighted by atomic mass is 15.0. The summed E-state index contributed by atoms with van der Waals surface area (Å²) in [6, 6.07) is 0. The zero-order valence-corrected chi connectivity index (χ0v) is 8.85. The first-order valence-corrected chi connectivity index (χ1v) is 4.82. The molecule has 1 aliphatic rings. The smallest absolute Gasteiger partial charge is 0.0530 e. The van der Waals surface area contributed by atoms with Crippen molar-refractivity contribution in [1.82, 2.24) is 10.6 Å². The molecule has 1 heterocycles. The molecule has 2 heteroatoms. The van der Waals surface area contributed by atoms with E-state index in [1.54, 1.807) is 6.08 Å². The average Bonchev–Trinajstić information content (AvgIpc) is 2.20. The summed E-state index contributed by atoms with van der Waals surface area (Å²) in [7, 11) is 0. The number of rotatable bonds is 2. The van der Waals surface area contributed by atoms with Crippen LogP contribution in [-0.2, 0) is 0 Å². The van der Waals surface area contributed by atoms with E-state index < -0.39 is 0 Å². The lowest BCUT2D eigenvalue weighted by molar-refractivity contribution is 0.663. The Morgan fingerprint density at radius 2 is 1.85 bits per heavy atom. The molecule has 0 spiro atoms. The van der Waals surface area contributed by atoms with Gasteiger partial charge in [-0.25, -0.2) is 0 Å². The van der Waals surface area contributed by atoms with Gasteiger partial charge in [-0.05, 0) is 13.0 Å². The minimum absolute atomic E-state index is 0.994. The average molecular weight is 180 g/mol. The number of nitrogens with one attached hydrogen (secondary N) is 2. The van der Waals surface area contributed by atoms with E-state index in [9.17, 15) is 0 Å². The highest BCUT2D eigenvalue weighted by Gasteiger charge is 2.02. The third-order valence-corrected chi connectivity index (χ3v) is 1.63. The lowest BCUT2D eigenvalue weighted by Gasteiger charge is -2.19. The van der Waals surface area contributed by atoms with Crippen molar-refractivity contribution >= 4 is 0 Å². The maximum atomic E-state index is 3.61. The van der Waals surface area contributed by atoms with Gasteiger partial charge in [0.15, 0.2) is 0 Å². The fourth-order valence-corrected chi connectivity index (χ4v) is 1.02. The molecule has 13 heavy (non-hydrogen) atoms. The van der Waals surface area contributed by atoms with Crippen molar-refractivity contribution < 1.29 is 0 Å². The van der Waals surface area contributed by atoms with E-state index in [1.807, 2.05) is 26.0 Å². The molecule has 1 aliphatic heterocycles. The van der Waals surface area contributed by atoms with E-state index in [4.69, 9.17) is 0 Å². The summed E-state index contributed by atoms with van der Waals surface area (Å²) >= 11 is 0. The summed E-state index contributed by atoms with van der Waals surface area (Å²) in [5.74, 6) is 0. The highest BCUT2D eigenvalue weighted by molar-refractivity contribution is 5.25. The van der Waals surface area contributed by atoms with Crippen LogP contribution in [0.1, 0.15) is 20.8 Å². The Balaban J connectivity index is 0.000000671. The Morgan fingerprint density at radius 3 is 2.38 bits per heavy atom. The van der Waals surface area contributed by atoms with Crippen molar-refractivity contribution in [2.75, 3.05) is 13.1 Å². The summed E-state index contributed by atoms with van der Waals surface area (Å²) in [6.45, 7) is 11.7. The van der Waals surface area contributed by atoms with Gasteiger partial charge in [-0.2, -0.15) is 0 Å². The van der Waals surface area contributed by atoms with Crippen LogP contribution < -0.4 is 10.6 Å². The first-order chi connectivity index (χ1) is 6.34. The zero-order valence-electron chi connectivity index (χ0n) is 8.85. The monoisotopic (exact) mass is 180 g/mol.